The first-order valence-electron chi connectivity index (χ1n) is 11.0. The smallest absolute Gasteiger partial charge is 0.417 e. The van der Waals surface area contributed by atoms with Crippen molar-refractivity contribution >= 4 is 5.91 Å². The van der Waals surface area contributed by atoms with E-state index in [1.807, 2.05) is 13.0 Å². The number of likely N-dealkylation sites (tertiary alicyclic amines) is 1. The summed E-state index contributed by atoms with van der Waals surface area (Å²) in [7, 11) is 0. The second-order valence-corrected chi connectivity index (χ2v) is 9.26. The van der Waals surface area contributed by atoms with Crippen molar-refractivity contribution in [1.29, 1.82) is 0 Å². The third-order valence-corrected chi connectivity index (χ3v) is 7.18. The maximum absolute atomic E-state index is 13.7. The van der Waals surface area contributed by atoms with Crippen LogP contribution in [-0.4, -0.2) is 49.4 Å². The topological polar surface area (TPSA) is 81.1 Å². The quantitative estimate of drug-likeness (QED) is 0.578. The number of nitrogens with zero attached hydrogens (tertiary/aromatic N) is 5. The molecular weight excluding hydrogens is 447 g/mol. The first-order chi connectivity index (χ1) is 16.3. The number of pyridine rings is 2. The molecule has 2 saturated carbocycles. The van der Waals surface area contributed by atoms with Crippen LogP contribution < -0.4 is 4.74 Å². The highest BCUT2D eigenvalue weighted by atomic mass is 19.4. The number of halogens is 3. The van der Waals surface area contributed by atoms with Crippen LogP contribution in [0.2, 0.25) is 0 Å². The molecule has 4 unspecified atom stereocenters. The molecule has 0 radical (unpaired) electrons. The van der Waals surface area contributed by atoms with Crippen LogP contribution in [0, 0.1) is 18.3 Å². The molecule has 1 amide bonds. The zero-order valence-electron chi connectivity index (χ0n) is 18.2. The number of carbonyl (C=O) groups excluding carboxylic acids is 1. The van der Waals surface area contributed by atoms with Gasteiger partial charge in [0.25, 0.3) is 5.91 Å². The van der Waals surface area contributed by atoms with Crippen LogP contribution in [0.1, 0.15) is 34.5 Å². The molecule has 1 aliphatic heterocycles. The van der Waals surface area contributed by atoms with Crippen molar-refractivity contribution in [3.8, 4) is 17.3 Å². The summed E-state index contributed by atoms with van der Waals surface area (Å²) in [6.07, 6.45) is 2.64. The molecule has 0 N–H and O–H groups in total. The summed E-state index contributed by atoms with van der Waals surface area (Å²) in [5.41, 5.74) is 0.942. The van der Waals surface area contributed by atoms with E-state index in [-0.39, 0.29) is 35.0 Å². The number of alkyl halides is 3. The molecular formula is C24H20F3N5O2. The third-order valence-electron chi connectivity index (χ3n) is 7.18. The number of carbonyl (C=O) groups is 1. The number of hydrogen-bond donors (Lipinski definition) is 0. The highest BCUT2D eigenvalue weighted by molar-refractivity contribution is 5.99. The van der Waals surface area contributed by atoms with E-state index in [1.165, 1.54) is 6.07 Å². The van der Waals surface area contributed by atoms with Gasteiger partial charge in [-0.05, 0) is 49.4 Å². The van der Waals surface area contributed by atoms with Crippen molar-refractivity contribution in [2.24, 2.45) is 11.3 Å². The summed E-state index contributed by atoms with van der Waals surface area (Å²) in [6.45, 7) is 2.50. The Hall–Kier alpha value is -3.56. The van der Waals surface area contributed by atoms with E-state index in [0.717, 1.165) is 30.7 Å². The second kappa shape index (κ2) is 7.22. The van der Waals surface area contributed by atoms with Crippen molar-refractivity contribution in [2.75, 3.05) is 6.54 Å². The molecule has 6 rings (SSSR count). The van der Waals surface area contributed by atoms with Crippen LogP contribution in [-0.2, 0) is 6.18 Å². The minimum atomic E-state index is -4.46. The number of piperidine rings is 1. The van der Waals surface area contributed by atoms with Gasteiger partial charge in [0.15, 0.2) is 5.82 Å². The minimum Gasteiger partial charge on any atom is -0.472 e. The lowest BCUT2D eigenvalue weighted by Gasteiger charge is -2.46. The maximum atomic E-state index is 13.7. The van der Waals surface area contributed by atoms with Gasteiger partial charge in [0, 0.05) is 42.8 Å². The van der Waals surface area contributed by atoms with Crippen LogP contribution in [0.3, 0.4) is 0 Å². The number of rotatable bonds is 4. The normalized spacial score (nSPS) is 26.9. The van der Waals surface area contributed by atoms with Crippen molar-refractivity contribution in [3.05, 3.63) is 65.9 Å². The molecule has 174 valence electrons. The Morgan fingerprint density at radius 3 is 2.62 bits per heavy atom. The SMILES string of the molecule is Cc1cnc(C(=O)N2CC3CC34CC(Oc3ccc(C(F)(F)F)cn3)C24)c(-c2ncccn2)c1. The van der Waals surface area contributed by atoms with Crippen LogP contribution in [0.15, 0.2) is 49.1 Å². The fraction of sp³-hybridized carbons (Fsp3) is 0.375. The molecule has 4 atom stereocenters. The summed E-state index contributed by atoms with van der Waals surface area (Å²) in [6, 6.07) is 5.57. The number of aryl methyl sites for hydroxylation is 1. The predicted octanol–water partition coefficient (Wildman–Crippen LogP) is 3.94. The first-order valence-corrected chi connectivity index (χ1v) is 11.0. The van der Waals surface area contributed by atoms with Crippen LogP contribution >= 0.6 is 0 Å². The Morgan fingerprint density at radius 2 is 1.91 bits per heavy atom. The van der Waals surface area contributed by atoms with Gasteiger partial charge in [-0.2, -0.15) is 13.2 Å². The monoisotopic (exact) mass is 467 g/mol. The molecule has 3 aromatic rings. The second-order valence-electron chi connectivity index (χ2n) is 9.26. The molecule has 3 aromatic heterocycles. The van der Waals surface area contributed by atoms with Gasteiger partial charge in [-0.1, -0.05) is 0 Å². The molecule has 1 spiro atoms. The van der Waals surface area contributed by atoms with E-state index >= 15 is 0 Å². The molecule has 3 aliphatic rings. The van der Waals surface area contributed by atoms with Gasteiger partial charge in [0.05, 0.1) is 17.2 Å². The summed E-state index contributed by atoms with van der Waals surface area (Å²) in [5, 5.41) is 0. The van der Waals surface area contributed by atoms with Gasteiger partial charge in [-0.15, -0.1) is 0 Å². The van der Waals surface area contributed by atoms with Crippen molar-refractivity contribution < 1.29 is 22.7 Å². The van der Waals surface area contributed by atoms with Gasteiger partial charge < -0.3 is 9.64 Å². The average molecular weight is 467 g/mol. The van der Waals surface area contributed by atoms with Crippen LogP contribution in [0.25, 0.3) is 11.4 Å². The summed E-state index contributed by atoms with van der Waals surface area (Å²) in [5.74, 6) is 0.740. The Morgan fingerprint density at radius 1 is 1.12 bits per heavy atom. The van der Waals surface area contributed by atoms with Gasteiger partial charge in [0.2, 0.25) is 5.88 Å². The number of aromatic nitrogens is 4. The van der Waals surface area contributed by atoms with Crippen molar-refractivity contribution in [3.63, 3.8) is 0 Å². The molecule has 0 bridgehead atoms. The fourth-order valence-corrected chi connectivity index (χ4v) is 5.51. The maximum Gasteiger partial charge on any atom is 0.417 e. The summed E-state index contributed by atoms with van der Waals surface area (Å²) >= 11 is 0. The molecule has 34 heavy (non-hydrogen) atoms. The Balaban J connectivity index is 1.26. The zero-order valence-corrected chi connectivity index (χ0v) is 18.2. The minimum absolute atomic E-state index is 0.0281. The Bertz CT molecular complexity index is 1270. The highest BCUT2D eigenvalue weighted by Crippen LogP contribution is 2.71. The van der Waals surface area contributed by atoms with E-state index in [4.69, 9.17) is 4.74 Å². The molecule has 3 fully saturated rings. The average Bonchev–Trinajstić information content (AvgIpc) is 3.47. The molecule has 2 aliphatic carbocycles. The molecule has 10 heteroatoms. The van der Waals surface area contributed by atoms with Gasteiger partial charge >= 0.3 is 6.18 Å². The first kappa shape index (κ1) is 21.0. The highest BCUT2D eigenvalue weighted by Gasteiger charge is 2.76. The van der Waals surface area contributed by atoms with E-state index in [9.17, 15) is 18.0 Å². The molecule has 1 saturated heterocycles. The van der Waals surface area contributed by atoms with E-state index in [0.29, 0.717) is 23.9 Å². The zero-order chi connectivity index (χ0) is 23.7. The lowest BCUT2D eigenvalue weighted by atomic mass is 9.73. The van der Waals surface area contributed by atoms with Gasteiger partial charge in [0.1, 0.15) is 11.8 Å². The lowest BCUT2D eigenvalue weighted by Crippen LogP contribution is -2.59. The summed E-state index contributed by atoms with van der Waals surface area (Å²) in [4.78, 5) is 32.3. The molecule has 0 aromatic carbocycles. The van der Waals surface area contributed by atoms with Crippen molar-refractivity contribution in [1.82, 2.24) is 24.8 Å². The molecule has 7 nitrogen and oxygen atoms in total. The lowest BCUT2D eigenvalue weighted by molar-refractivity contribution is -0.137. The van der Waals surface area contributed by atoms with Crippen molar-refractivity contribution in [2.45, 2.75) is 38.1 Å². The fourth-order valence-electron chi connectivity index (χ4n) is 5.51. The standard InChI is InChI=1S/C24H20F3N5O2/c1-13-7-16(21-28-5-2-6-29-21)19(31-10-13)22(33)32-12-15-8-23(15)9-17(20(23)32)34-18-4-3-14(11-30-18)24(25,26)27/h2-7,10-11,15,17,20H,8-9,12H2,1H3. The number of hydrogen-bond acceptors (Lipinski definition) is 6. The Kier molecular flexibility index (Phi) is 4.46. The third kappa shape index (κ3) is 3.23. The van der Waals surface area contributed by atoms with E-state index in [1.54, 1.807) is 29.6 Å². The van der Waals surface area contributed by atoms with Gasteiger partial charge in [-0.25, -0.2) is 15.0 Å². The van der Waals surface area contributed by atoms with Crippen LogP contribution in [0.5, 0.6) is 5.88 Å². The van der Waals surface area contributed by atoms with Gasteiger partial charge in [-0.3, -0.25) is 9.78 Å². The predicted molar refractivity (Wildman–Crippen MR) is 114 cm³/mol. The van der Waals surface area contributed by atoms with Crippen LogP contribution in [0.4, 0.5) is 13.2 Å². The largest absolute Gasteiger partial charge is 0.472 e. The molecule has 4 heterocycles. The van der Waals surface area contributed by atoms with E-state index < -0.39 is 11.7 Å². The van der Waals surface area contributed by atoms with E-state index in [2.05, 4.69) is 19.9 Å². The number of ether oxygens (including phenoxy) is 1. The number of amides is 1. The Labute approximate surface area is 193 Å². The summed E-state index contributed by atoms with van der Waals surface area (Å²) < 4.78 is 44.5.